The molecule has 114 valence electrons. The molecule has 0 aromatic heterocycles. The first-order valence-electron chi connectivity index (χ1n) is 6.63. The van der Waals surface area contributed by atoms with Crippen molar-refractivity contribution >= 4 is 23.4 Å². The topological polar surface area (TPSA) is 29.5 Å². The number of ether oxygens (including phenoxy) is 1. The van der Waals surface area contributed by atoms with Crippen molar-refractivity contribution < 1.29 is 18.3 Å². The van der Waals surface area contributed by atoms with Crippen LogP contribution in [0.25, 0.3) is 0 Å². The molecule has 1 saturated heterocycles. The molecule has 1 unspecified atom stereocenters. The number of hydrogen-bond donors (Lipinski definition) is 0. The van der Waals surface area contributed by atoms with Gasteiger partial charge in [0.05, 0.1) is 18.4 Å². The molecular weight excluding hydrogens is 308 g/mol. The van der Waals surface area contributed by atoms with Gasteiger partial charge in [-0.2, -0.15) is 0 Å². The van der Waals surface area contributed by atoms with Crippen LogP contribution in [0.1, 0.15) is 10.9 Å². The highest BCUT2D eigenvalue weighted by Gasteiger charge is 2.37. The smallest absolute Gasteiger partial charge is 0.238 e. The number of benzene rings is 2. The Kier molecular flexibility index (Phi) is 4.02. The molecule has 2 aromatic rings. The summed E-state index contributed by atoms with van der Waals surface area (Å²) in [6.45, 7) is 0. The van der Waals surface area contributed by atoms with Crippen LogP contribution in [0.15, 0.2) is 42.5 Å². The lowest BCUT2D eigenvalue weighted by Crippen LogP contribution is -2.28. The number of carbonyl (C=O) groups excluding carboxylic acids is 1. The molecule has 1 aliphatic rings. The van der Waals surface area contributed by atoms with E-state index < -0.39 is 17.0 Å². The van der Waals surface area contributed by atoms with Gasteiger partial charge in [0.1, 0.15) is 22.8 Å². The largest absolute Gasteiger partial charge is 0.497 e. The van der Waals surface area contributed by atoms with E-state index in [0.29, 0.717) is 11.4 Å². The molecule has 1 amide bonds. The summed E-state index contributed by atoms with van der Waals surface area (Å²) < 4.78 is 33.2. The van der Waals surface area contributed by atoms with E-state index in [1.54, 1.807) is 24.3 Å². The summed E-state index contributed by atoms with van der Waals surface area (Å²) in [5.74, 6) is -0.739. The van der Waals surface area contributed by atoms with Crippen LogP contribution < -0.4 is 9.64 Å². The van der Waals surface area contributed by atoms with Gasteiger partial charge >= 0.3 is 0 Å². The monoisotopic (exact) mass is 321 g/mol. The fourth-order valence-electron chi connectivity index (χ4n) is 2.42. The lowest BCUT2D eigenvalue weighted by Gasteiger charge is -2.25. The zero-order valence-corrected chi connectivity index (χ0v) is 12.6. The zero-order valence-electron chi connectivity index (χ0n) is 11.8. The van der Waals surface area contributed by atoms with E-state index in [2.05, 4.69) is 0 Å². The normalized spacial score (nSPS) is 17.9. The Labute approximate surface area is 130 Å². The summed E-state index contributed by atoms with van der Waals surface area (Å²) in [6.07, 6.45) is 0. The van der Waals surface area contributed by atoms with Gasteiger partial charge < -0.3 is 4.74 Å². The molecule has 22 heavy (non-hydrogen) atoms. The molecule has 0 bridgehead atoms. The number of rotatable bonds is 3. The molecule has 3 rings (SSSR count). The number of amides is 1. The van der Waals surface area contributed by atoms with Crippen molar-refractivity contribution in [3.63, 3.8) is 0 Å². The van der Waals surface area contributed by atoms with Gasteiger partial charge in [0, 0.05) is 11.8 Å². The first-order chi connectivity index (χ1) is 10.6. The third-order valence-electron chi connectivity index (χ3n) is 3.45. The molecule has 2 aromatic carbocycles. The average molecular weight is 321 g/mol. The molecule has 0 radical (unpaired) electrons. The van der Waals surface area contributed by atoms with Crippen molar-refractivity contribution in [2.45, 2.75) is 5.37 Å². The van der Waals surface area contributed by atoms with Gasteiger partial charge in [-0.25, -0.2) is 8.78 Å². The summed E-state index contributed by atoms with van der Waals surface area (Å²) >= 11 is 1.20. The maximum absolute atomic E-state index is 14.0. The molecule has 0 N–H and O–H groups in total. The molecule has 3 nitrogen and oxygen atoms in total. The van der Waals surface area contributed by atoms with E-state index in [4.69, 9.17) is 4.74 Å². The van der Waals surface area contributed by atoms with E-state index in [0.717, 1.165) is 0 Å². The van der Waals surface area contributed by atoms with Gasteiger partial charge in [-0.15, -0.1) is 11.8 Å². The van der Waals surface area contributed by atoms with Crippen molar-refractivity contribution in [1.82, 2.24) is 0 Å². The third-order valence-corrected chi connectivity index (χ3v) is 4.62. The van der Waals surface area contributed by atoms with Crippen LogP contribution in [-0.4, -0.2) is 18.8 Å². The molecule has 1 heterocycles. The van der Waals surface area contributed by atoms with Crippen molar-refractivity contribution in [3.05, 3.63) is 59.7 Å². The minimum atomic E-state index is -0.721. The van der Waals surface area contributed by atoms with Crippen LogP contribution >= 0.6 is 11.8 Å². The highest BCUT2D eigenvalue weighted by Crippen LogP contribution is 2.43. The number of methoxy groups -OCH3 is 1. The van der Waals surface area contributed by atoms with Crippen molar-refractivity contribution in [1.29, 1.82) is 0 Å². The minimum absolute atomic E-state index is 0.0961. The predicted octanol–water partition coefficient (Wildman–Crippen LogP) is 3.75. The summed E-state index contributed by atoms with van der Waals surface area (Å²) in [5, 5.41) is -0.721. The van der Waals surface area contributed by atoms with E-state index >= 15 is 0 Å². The second kappa shape index (κ2) is 5.96. The molecule has 0 saturated carbocycles. The van der Waals surface area contributed by atoms with Gasteiger partial charge in [-0.3, -0.25) is 9.69 Å². The Morgan fingerprint density at radius 2 is 1.86 bits per heavy atom. The third kappa shape index (κ3) is 2.54. The Morgan fingerprint density at radius 1 is 1.18 bits per heavy atom. The number of halogens is 2. The van der Waals surface area contributed by atoms with Gasteiger partial charge in [0.2, 0.25) is 5.91 Å². The van der Waals surface area contributed by atoms with Gasteiger partial charge in [-0.05, 0) is 24.3 Å². The standard InChI is InChI=1S/C16H13F2NO2S/c1-21-11-5-2-4-10(8-11)19-14(20)9-22-16(19)15-12(17)6-3-7-13(15)18/h2-8,16H,9H2,1H3. The maximum Gasteiger partial charge on any atom is 0.238 e. The highest BCUT2D eigenvalue weighted by atomic mass is 32.2. The molecule has 1 aliphatic heterocycles. The van der Waals surface area contributed by atoms with E-state index in [1.807, 2.05) is 0 Å². The van der Waals surface area contributed by atoms with Crippen molar-refractivity contribution in [2.24, 2.45) is 0 Å². The lowest BCUT2D eigenvalue weighted by atomic mass is 10.1. The second-order valence-electron chi connectivity index (χ2n) is 4.76. The molecule has 1 fully saturated rings. The first-order valence-corrected chi connectivity index (χ1v) is 7.68. The molecule has 6 heteroatoms. The van der Waals surface area contributed by atoms with Gasteiger partial charge in [0.15, 0.2) is 0 Å². The Balaban J connectivity index is 2.06. The van der Waals surface area contributed by atoms with Crippen molar-refractivity contribution in [3.8, 4) is 5.75 Å². The number of carbonyl (C=O) groups is 1. The zero-order chi connectivity index (χ0) is 15.7. The van der Waals surface area contributed by atoms with E-state index in [9.17, 15) is 13.6 Å². The van der Waals surface area contributed by atoms with Gasteiger partial charge in [-0.1, -0.05) is 12.1 Å². The molecular formula is C16H13F2NO2S. The lowest BCUT2D eigenvalue weighted by molar-refractivity contribution is -0.115. The molecule has 0 spiro atoms. The van der Waals surface area contributed by atoms with Crippen LogP contribution in [0, 0.1) is 11.6 Å². The van der Waals surface area contributed by atoms with Crippen LogP contribution in [0.5, 0.6) is 5.75 Å². The Morgan fingerprint density at radius 3 is 2.55 bits per heavy atom. The fourth-order valence-corrected chi connectivity index (χ4v) is 3.64. The fraction of sp³-hybridized carbons (Fsp3) is 0.188. The summed E-state index contributed by atoms with van der Waals surface area (Å²) in [4.78, 5) is 13.6. The number of nitrogens with zero attached hydrogens (tertiary/aromatic N) is 1. The van der Waals surface area contributed by atoms with Crippen LogP contribution in [0.3, 0.4) is 0 Å². The van der Waals surface area contributed by atoms with Crippen LogP contribution in [0.4, 0.5) is 14.5 Å². The second-order valence-corrected chi connectivity index (χ2v) is 5.83. The average Bonchev–Trinajstić information content (AvgIpc) is 2.89. The molecule has 1 atom stereocenters. The quantitative estimate of drug-likeness (QED) is 0.862. The number of anilines is 1. The summed E-state index contributed by atoms with van der Waals surface area (Å²) in [6, 6.07) is 10.6. The van der Waals surface area contributed by atoms with Crippen molar-refractivity contribution in [2.75, 3.05) is 17.8 Å². The van der Waals surface area contributed by atoms with Crippen LogP contribution in [0.2, 0.25) is 0 Å². The number of thioether (sulfide) groups is 1. The Bertz CT molecular complexity index is 703. The Hall–Kier alpha value is -2.08. The first kappa shape index (κ1) is 14.8. The van der Waals surface area contributed by atoms with E-state index in [1.165, 1.54) is 42.0 Å². The SMILES string of the molecule is COc1cccc(N2C(=O)CSC2c2c(F)cccc2F)c1. The number of hydrogen-bond acceptors (Lipinski definition) is 3. The van der Waals surface area contributed by atoms with E-state index in [-0.39, 0.29) is 17.2 Å². The molecule has 0 aliphatic carbocycles. The summed E-state index contributed by atoms with van der Waals surface area (Å²) in [5.41, 5.74) is 0.461. The van der Waals surface area contributed by atoms with Crippen LogP contribution in [-0.2, 0) is 4.79 Å². The van der Waals surface area contributed by atoms with Gasteiger partial charge in [0.25, 0.3) is 0 Å². The maximum atomic E-state index is 14.0. The minimum Gasteiger partial charge on any atom is -0.497 e. The summed E-state index contributed by atoms with van der Waals surface area (Å²) in [7, 11) is 1.52. The predicted molar refractivity (Wildman–Crippen MR) is 82.0 cm³/mol. The highest BCUT2D eigenvalue weighted by molar-refractivity contribution is 8.00.